The summed E-state index contributed by atoms with van der Waals surface area (Å²) >= 11 is 0. The molecule has 0 aliphatic carbocycles. The van der Waals surface area contributed by atoms with E-state index in [9.17, 15) is 4.79 Å². The maximum atomic E-state index is 12.4. The molecular weight excluding hydrogens is 320 g/mol. The fourth-order valence-corrected chi connectivity index (χ4v) is 2.72. The standard InChI is InChI=1S/C20H24O5/c1-12-9-13(2)14(3)17(10-12)25-18(21)11-15-7-8-16(22-4)20(24-6)19(15)23-5/h7-10H,11H2,1-6H3. The fourth-order valence-electron chi connectivity index (χ4n) is 2.72. The molecule has 0 unspecified atom stereocenters. The number of benzene rings is 2. The van der Waals surface area contributed by atoms with E-state index in [1.54, 1.807) is 19.2 Å². The lowest BCUT2D eigenvalue weighted by Gasteiger charge is -2.16. The normalized spacial score (nSPS) is 10.3. The minimum atomic E-state index is -0.362. The summed E-state index contributed by atoms with van der Waals surface area (Å²) in [7, 11) is 4.61. The zero-order valence-corrected chi connectivity index (χ0v) is 15.6. The Morgan fingerprint density at radius 2 is 1.56 bits per heavy atom. The van der Waals surface area contributed by atoms with E-state index in [-0.39, 0.29) is 12.4 Å². The smallest absolute Gasteiger partial charge is 0.315 e. The third-order valence-corrected chi connectivity index (χ3v) is 4.11. The predicted octanol–water partition coefficient (Wildman–Crippen LogP) is 3.79. The molecule has 0 aliphatic heterocycles. The molecule has 0 radical (unpaired) electrons. The highest BCUT2D eigenvalue weighted by molar-refractivity contribution is 5.77. The second-order valence-electron chi connectivity index (χ2n) is 5.85. The van der Waals surface area contributed by atoms with E-state index in [4.69, 9.17) is 18.9 Å². The first kappa shape index (κ1) is 18.6. The molecule has 134 valence electrons. The van der Waals surface area contributed by atoms with Crippen LogP contribution in [0.2, 0.25) is 0 Å². The number of esters is 1. The first-order valence-corrected chi connectivity index (χ1v) is 7.97. The van der Waals surface area contributed by atoms with Crippen molar-refractivity contribution in [1.29, 1.82) is 0 Å². The zero-order chi connectivity index (χ0) is 18.6. The molecule has 2 aromatic rings. The van der Waals surface area contributed by atoms with Crippen LogP contribution in [0.25, 0.3) is 0 Å². The number of rotatable bonds is 6. The van der Waals surface area contributed by atoms with Gasteiger partial charge in [0.2, 0.25) is 5.75 Å². The molecule has 0 saturated heterocycles. The summed E-state index contributed by atoms with van der Waals surface area (Å²) in [6, 6.07) is 7.44. The van der Waals surface area contributed by atoms with Gasteiger partial charge < -0.3 is 18.9 Å². The number of carbonyl (C=O) groups excluding carboxylic acids is 1. The van der Waals surface area contributed by atoms with Crippen LogP contribution >= 0.6 is 0 Å². The van der Waals surface area contributed by atoms with Crippen LogP contribution in [0.3, 0.4) is 0 Å². The highest BCUT2D eigenvalue weighted by atomic mass is 16.5. The van der Waals surface area contributed by atoms with E-state index < -0.39 is 0 Å². The lowest BCUT2D eigenvalue weighted by molar-refractivity contribution is -0.133. The van der Waals surface area contributed by atoms with Crippen LogP contribution in [-0.2, 0) is 11.2 Å². The lowest BCUT2D eigenvalue weighted by Crippen LogP contribution is -2.13. The van der Waals surface area contributed by atoms with Crippen molar-refractivity contribution >= 4 is 5.97 Å². The Bertz CT molecular complexity index is 780. The van der Waals surface area contributed by atoms with Crippen LogP contribution in [0.15, 0.2) is 24.3 Å². The van der Waals surface area contributed by atoms with E-state index >= 15 is 0 Å². The van der Waals surface area contributed by atoms with Crippen molar-refractivity contribution in [3.05, 3.63) is 46.5 Å². The van der Waals surface area contributed by atoms with E-state index in [1.807, 2.05) is 26.8 Å². The predicted molar refractivity (Wildman–Crippen MR) is 96.1 cm³/mol. The van der Waals surface area contributed by atoms with E-state index in [0.717, 1.165) is 16.7 Å². The Labute approximate surface area is 148 Å². The summed E-state index contributed by atoms with van der Waals surface area (Å²) < 4.78 is 21.6. The van der Waals surface area contributed by atoms with E-state index in [0.29, 0.717) is 28.6 Å². The topological polar surface area (TPSA) is 54.0 Å². The second-order valence-corrected chi connectivity index (χ2v) is 5.85. The highest BCUT2D eigenvalue weighted by Crippen LogP contribution is 2.40. The first-order valence-electron chi connectivity index (χ1n) is 7.97. The Hall–Kier alpha value is -2.69. The van der Waals surface area contributed by atoms with E-state index in [2.05, 4.69) is 6.07 Å². The second kappa shape index (κ2) is 7.92. The van der Waals surface area contributed by atoms with Crippen LogP contribution in [0.4, 0.5) is 0 Å². The number of hydrogen-bond donors (Lipinski definition) is 0. The zero-order valence-electron chi connectivity index (χ0n) is 15.6. The van der Waals surface area contributed by atoms with Crippen molar-refractivity contribution in [2.24, 2.45) is 0 Å². The van der Waals surface area contributed by atoms with Gasteiger partial charge in [-0.25, -0.2) is 0 Å². The van der Waals surface area contributed by atoms with Gasteiger partial charge in [-0.05, 0) is 49.6 Å². The van der Waals surface area contributed by atoms with E-state index in [1.165, 1.54) is 14.2 Å². The van der Waals surface area contributed by atoms with Crippen LogP contribution in [0.5, 0.6) is 23.0 Å². The van der Waals surface area contributed by atoms with Crippen molar-refractivity contribution in [2.75, 3.05) is 21.3 Å². The highest BCUT2D eigenvalue weighted by Gasteiger charge is 2.19. The molecule has 25 heavy (non-hydrogen) atoms. The molecule has 0 fully saturated rings. The number of carbonyl (C=O) groups is 1. The molecule has 5 heteroatoms. The van der Waals surface area contributed by atoms with Crippen molar-refractivity contribution < 1.29 is 23.7 Å². The molecule has 0 saturated carbocycles. The number of aryl methyl sites for hydroxylation is 2. The lowest BCUT2D eigenvalue weighted by atomic mass is 10.1. The minimum Gasteiger partial charge on any atom is -0.493 e. The van der Waals surface area contributed by atoms with Gasteiger partial charge in [0.25, 0.3) is 0 Å². The van der Waals surface area contributed by atoms with Gasteiger partial charge >= 0.3 is 5.97 Å². The third-order valence-electron chi connectivity index (χ3n) is 4.11. The number of ether oxygens (including phenoxy) is 4. The molecule has 0 N–H and O–H groups in total. The summed E-state index contributed by atoms with van der Waals surface area (Å²) in [6.07, 6.45) is 0.0654. The molecule has 0 aliphatic rings. The van der Waals surface area contributed by atoms with Gasteiger partial charge in [-0.1, -0.05) is 12.1 Å². The van der Waals surface area contributed by atoms with Gasteiger partial charge in [0, 0.05) is 5.56 Å². The summed E-state index contributed by atoms with van der Waals surface area (Å²) in [6.45, 7) is 5.91. The summed E-state index contributed by atoms with van der Waals surface area (Å²) in [5.74, 6) is 1.69. The number of methoxy groups -OCH3 is 3. The van der Waals surface area contributed by atoms with Crippen molar-refractivity contribution in [3.63, 3.8) is 0 Å². The molecule has 0 bridgehead atoms. The molecule has 0 spiro atoms. The summed E-state index contributed by atoms with van der Waals surface area (Å²) in [4.78, 5) is 12.4. The van der Waals surface area contributed by atoms with Crippen molar-refractivity contribution in [3.8, 4) is 23.0 Å². The van der Waals surface area contributed by atoms with Crippen LogP contribution in [0, 0.1) is 20.8 Å². The molecule has 2 aromatic carbocycles. The number of hydrogen-bond acceptors (Lipinski definition) is 5. The van der Waals surface area contributed by atoms with Crippen LogP contribution in [-0.4, -0.2) is 27.3 Å². The van der Waals surface area contributed by atoms with Gasteiger partial charge in [-0.3, -0.25) is 4.79 Å². The van der Waals surface area contributed by atoms with Crippen molar-refractivity contribution in [1.82, 2.24) is 0 Å². The average molecular weight is 344 g/mol. The maximum absolute atomic E-state index is 12.4. The minimum absolute atomic E-state index is 0.0654. The largest absolute Gasteiger partial charge is 0.493 e. The van der Waals surface area contributed by atoms with Gasteiger partial charge in [0.05, 0.1) is 27.8 Å². The van der Waals surface area contributed by atoms with Gasteiger partial charge in [0.15, 0.2) is 11.5 Å². The maximum Gasteiger partial charge on any atom is 0.315 e. The van der Waals surface area contributed by atoms with Gasteiger partial charge in [-0.2, -0.15) is 0 Å². The molecule has 5 nitrogen and oxygen atoms in total. The van der Waals surface area contributed by atoms with Crippen LogP contribution in [0.1, 0.15) is 22.3 Å². The molecule has 0 aromatic heterocycles. The fraction of sp³-hybridized carbons (Fsp3) is 0.350. The molecular formula is C20H24O5. The average Bonchev–Trinajstić information content (AvgIpc) is 2.58. The Balaban J connectivity index is 2.27. The quantitative estimate of drug-likeness (QED) is 0.589. The third kappa shape index (κ3) is 4.05. The van der Waals surface area contributed by atoms with Gasteiger partial charge in [-0.15, -0.1) is 0 Å². The monoisotopic (exact) mass is 344 g/mol. The molecule has 0 amide bonds. The molecule has 0 atom stereocenters. The Morgan fingerprint density at radius 1 is 0.880 bits per heavy atom. The molecule has 0 heterocycles. The van der Waals surface area contributed by atoms with Crippen molar-refractivity contribution in [2.45, 2.75) is 27.2 Å². The van der Waals surface area contributed by atoms with Gasteiger partial charge in [0.1, 0.15) is 5.75 Å². The van der Waals surface area contributed by atoms with Crippen LogP contribution < -0.4 is 18.9 Å². The Kier molecular flexibility index (Phi) is 5.91. The Morgan fingerprint density at radius 3 is 2.16 bits per heavy atom. The first-order chi connectivity index (χ1) is 11.9. The SMILES string of the molecule is COc1ccc(CC(=O)Oc2cc(C)cc(C)c2C)c(OC)c1OC. The summed E-state index contributed by atoms with van der Waals surface area (Å²) in [5.41, 5.74) is 3.77. The molecule has 2 rings (SSSR count). The summed E-state index contributed by atoms with van der Waals surface area (Å²) in [5, 5.41) is 0.